The van der Waals surface area contributed by atoms with Crippen LogP contribution in [0.2, 0.25) is 0 Å². The Hall–Kier alpha value is -2.01. The van der Waals surface area contributed by atoms with E-state index >= 15 is 0 Å². The molecule has 1 aromatic carbocycles. The lowest BCUT2D eigenvalue weighted by atomic mass is 10.1. The second kappa shape index (κ2) is 8.20. The van der Waals surface area contributed by atoms with E-state index in [4.69, 9.17) is 9.15 Å². The third-order valence-corrected chi connectivity index (χ3v) is 4.23. The number of fused-ring (bicyclic) bond motifs is 1. The van der Waals surface area contributed by atoms with Gasteiger partial charge in [-0.3, -0.25) is 9.69 Å². The highest BCUT2D eigenvalue weighted by atomic mass is 16.5. The van der Waals surface area contributed by atoms with E-state index in [-0.39, 0.29) is 5.91 Å². The van der Waals surface area contributed by atoms with E-state index in [0.29, 0.717) is 25.0 Å². The number of nitrogens with one attached hydrogen (secondary N) is 1. The van der Waals surface area contributed by atoms with Crippen LogP contribution in [0, 0.1) is 0 Å². The fraction of sp³-hybridized carbons (Fsp3) is 0.526. The van der Waals surface area contributed by atoms with Crippen molar-refractivity contribution in [2.24, 2.45) is 0 Å². The molecule has 2 aromatic rings. The molecule has 1 heterocycles. The van der Waals surface area contributed by atoms with Crippen LogP contribution in [0.15, 0.2) is 28.9 Å². The average molecular weight is 332 g/mol. The Labute approximate surface area is 144 Å². The van der Waals surface area contributed by atoms with Gasteiger partial charge in [0.15, 0.2) is 0 Å². The summed E-state index contributed by atoms with van der Waals surface area (Å²) in [5, 5.41) is 3.96. The van der Waals surface area contributed by atoms with E-state index in [1.165, 1.54) is 0 Å². The fourth-order valence-corrected chi connectivity index (χ4v) is 3.00. The lowest BCUT2D eigenvalue weighted by molar-refractivity contribution is -0.120. The zero-order valence-corrected chi connectivity index (χ0v) is 15.3. The van der Waals surface area contributed by atoms with E-state index < -0.39 is 0 Å². The molecule has 5 heteroatoms. The standard InChI is InChI=1S/C19H28N2O3/c1-13(2)21(14(3)4)9-8-20-19(22)10-15-12-24-18-11-16(23-5)6-7-17(15)18/h6-7,11-14H,8-10H2,1-5H3,(H,20,22). The van der Waals surface area contributed by atoms with Crippen molar-refractivity contribution < 1.29 is 13.9 Å². The normalized spacial score (nSPS) is 11.7. The second-order valence-corrected chi connectivity index (χ2v) is 6.58. The Morgan fingerprint density at radius 1 is 1.25 bits per heavy atom. The van der Waals surface area contributed by atoms with Gasteiger partial charge in [0.1, 0.15) is 11.3 Å². The predicted molar refractivity (Wildman–Crippen MR) is 96.5 cm³/mol. The molecule has 0 saturated carbocycles. The van der Waals surface area contributed by atoms with Gasteiger partial charge in [-0.25, -0.2) is 0 Å². The van der Waals surface area contributed by atoms with Gasteiger partial charge in [-0.1, -0.05) is 0 Å². The highest BCUT2D eigenvalue weighted by Crippen LogP contribution is 2.25. The first-order chi connectivity index (χ1) is 11.4. The number of ether oxygens (including phenoxy) is 1. The van der Waals surface area contributed by atoms with Crippen LogP contribution in [0.3, 0.4) is 0 Å². The zero-order valence-electron chi connectivity index (χ0n) is 15.3. The van der Waals surface area contributed by atoms with Gasteiger partial charge in [0.25, 0.3) is 0 Å². The van der Waals surface area contributed by atoms with Crippen LogP contribution in [-0.2, 0) is 11.2 Å². The van der Waals surface area contributed by atoms with Crippen molar-refractivity contribution in [2.75, 3.05) is 20.2 Å². The summed E-state index contributed by atoms with van der Waals surface area (Å²) in [6.07, 6.45) is 1.97. The maximum atomic E-state index is 12.2. The Morgan fingerprint density at radius 2 is 1.96 bits per heavy atom. The molecular weight excluding hydrogens is 304 g/mol. The van der Waals surface area contributed by atoms with E-state index in [2.05, 4.69) is 37.9 Å². The molecule has 1 aromatic heterocycles. The van der Waals surface area contributed by atoms with Gasteiger partial charge in [0.2, 0.25) is 5.91 Å². The van der Waals surface area contributed by atoms with E-state index in [1.54, 1.807) is 13.4 Å². The number of carbonyl (C=O) groups is 1. The van der Waals surface area contributed by atoms with Gasteiger partial charge in [-0.05, 0) is 39.8 Å². The molecule has 0 bridgehead atoms. The summed E-state index contributed by atoms with van der Waals surface area (Å²) in [5.74, 6) is 0.760. The van der Waals surface area contributed by atoms with Crippen molar-refractivity contribution in [1.82, 2.24) is 10.2 Å². The number of furan rings is 1. The van der Waals surface area contributed by atoms with Crippen molar-refractivity contribution in [2.45, 2.75) is 46.2 Å². The predicted octanol–water partition coefficient (Wildman–Crippen LogP) is 3.22. The highest BCUT2D eigenvalue weighted by Gasteiger charge is 2.14. The molecule has 0 radical (unpaired) electrons. The quantitative estimate of drug-likeness (QED) is 0.806. The fourth-order valence-electron chi connectivity index (χ4n) is 3.00. The lowest BCUT2D eigenvalue weighted by Crippen LogP contribution is -2.42. The van der Waals surface area contributed by atoms with Gasteiger partial charge in [0.05, 0.1) is 19.8 Å². The highest BCUT2D eigenvalue weighted by molar-refractivity contribution is 5.88. The lowest BCUT2D eigenvalue weighted by Gasteiger charge is -2.30. The SMILES string of the molecule is COc1ccc2c(CC(=O)NCCN(C(C)C)C(C)C)coc2c1. The summed E-state index contributed by atoms with van der Waals surface area (Å²) in [6.45, 7) is 10.2. The number of hydrogen-bond donors (Lipinski definition) is 1. The molecule has 1 amide bonds. The molecule has 5 nitrogen and oxygen atoms in total. The molecule has 0 saturated heterocycles. The van der Waals surface area contributed by atoms with E-state index in [1.807, 2.05) is 18.2 Å². The van der Waals surface area contributed by atoms with E-state index in [9.17, 15) is 4.79 Å². The van der Waals surface area contributed by atoms with Crippen molar-refractivity contribution >= 4 is 16.9 Å². The molecule has 0 fully saturated rings. The van der Waals surface area contributed by atoms with Crippen molar-refractivity contribution in [3.63, 3.8) is 0 Å². The number of hydrogen-bond acceptors (Lipinski definition) is 4. The maximum Gasteiger partial charge on any atom is 0.224 e. The summed E-state index contributed by atoms with van der Waals surface area (Å²) in [5.41, 5.74) is 1.64. The van der Waals surface area contributed by atoms with Gasteiger partial charge in [0, 0.05) is 42.2 Å². The van der Waals surface area contributed by atoms with Gasteiger partial charge in [-0.2, -0.15) is 0 Å². The third kappa shape index (κ3) is 4.51. The van der Waals surface area contributed by atoms with Crippen LogP contribution in [0.25, 0.3) is 11.0 Å². The molecule has 0 unspecified atom stereocenters. The van der Waals surface area contributed by atoms with Crippen LogP contribution in [-0.4, -0.2) is 43.1 Å². The smallest absolute Gasteiger partial charge is 0.224 e. The van der Waals surface area contributed by atoms with Gasteiger partial charge >= 0.3 is 0 Å². The summed E-state index contributed by atoms with van der Waals surface area (Å²) < 4.78 is 10.7. The number of benzene rings is 1. The molecule has 24 heavy (non-hydrogen) atoms. The second-order valence-electron chi connectivity index (χ2n) is 6.58. The largest absolute Gasteiger partial charge is 0.497 e. The first-order valence-electron chi connectivity index (χ1n) is 8.49. The summed E-state index contributed by atoms with van der Waals surface area (Å²) in [6, 6.07) is 6.58. The van der Waals surface area contributed by atoms with Crippen LogP contribution in [0.4, 0.5) is 0 Å². The minimum absolute atomic E-state index is 0.0148. The number of rotatable bonds is 8. The Balaban J connectivity index is 1.91. The number of carbonyl (C=O) groups excluding carboxylic acids is 1. The number of methoxy groups -OCH3 is 1. The van der Waals surface area contributed by atoms with Crippen LogP contribution in [0.1, 0.15) is 33.3 Å². The summed E-state index contributed by atoms with van der Waals surface area (Å²) in [4.78, 5) is 14.6. The van der Waals surface area contributed by atoms with Crippen molar-refractivity contribution in [1.29, 1.82) is 0 Å². The van der Waals surface area contributed by atoms with Crippen molar-refractivity contribution in [3.05, 3.63) is 30.0 Å². The first kappa shape index (κ1) is 18.3. The Morgan fingerprint density at radius 3 is 2.58 bits per heavy atom. The molecule has 1 N–H and O–H groups in total. The monoisotopic (exact) mass is 332 g/mol. The maximum absolute atomic E-state index is 12.2. The van der Waals surface area contributed by atoms with E-state index in [0.717, 1.165) is 28.8 Å². The summed E-state index contributed by atoms with van der Waals surface area (Å²) in [7, 11) is 1.62. The summed E-state index contributed by atoms with van der Waals surface area (Å²) >= 11 is 0. The van der Waals surface area contributed by atoms with Gasteiger partial charge < -0.3 is 14.5 Å². The van der Waals surface area contributed by atoms with Crippen LogP contribution < -0.4 is 10.1 Å². The molecule has 132 valence electrons. The Bertz CT molecular complexity index is 668. The number of nitrogens with zero attached hydrogens (tertiary/aromatic N) is 1. The van der Waals surface area contributed by atoms with Crippen molar-refractivity contribution in [3.8, 4) is 5.75 Å². The third-order valence-electron chi connectivity index (χ3n) is 4.23. The molecule has 0 atom stereocenters. The topological polar surface area (TPSA) is 54.7 Å². The molecule has 0 aliphatic rings. The van der Waals surface area contributed by atoms with Crippen LogP contribution in [0.5, 0.6) is 5.75 Å². The molecule has 0 spiro atoms. The average Bonchev–Trinajstić information content (AvgIpc) is 2.92. The minimum Gasteiger partial charge on any atom is -0.497 e. The molecule has 2 rings (SSSR count). The zero-order chi connectivity index (χ0) is 17.7. The van der Waals surface area contributed by atoms with Gasteiger partial charge in [-0.15, -0.1) is 0 Å². The first-order valence-corrected chi connectivity index (χ1v) is 8.49. The molecule has 0 aliphatic heterocycles. The minimum atomic E-state index is 0.0148. The van der Waals surface area contributed by atoms with Crippen LogP contribution >= 0.6 is 0 Å². The molecule has 0 aliphatic carbocycles. The molecular formula is C19H28N2O3. The Kier molecular flexibility index (Phi) is 6.26. The number of amides is 1.